The monoisotopic (exact) mass is 444 g/mol. The van der Waals surface area contributed by atoms with Crippen LogP contribution in [0, 0.1) is 0 Å². The highest BCUT2D eigenvalue weighted by Crippen LogP contribution is 2.23. The third kappa shape index (κ3) is 8.90. The summed E-state index contributed by atoms with van der Waals surface area (Å²) in [5, 5.41) is 29.7. The Morgan fingerprint density at radius 3 is 2.24 bits per heavy atom. The lowest BCUT2D eigenvalue weighted by atomic mass is 10.00. The molecule has 0 aromatic carbocycles. The third-order valence-electron chi connectivity index (χ3n) is 3.96. The fourth-order valence-electron chi connectivity index (χ4n) is 2.45. The summed E-state index contributed by atoms with van der Waals surface area (Å²) in [6.07, 6.45) is -8.87. The lowest BCUT2D eigenvalue weighted by Crippen LogP contribution is -2.60. The van der Waals surface area contributed by atoms with Crippen LogP contribution in [0.3, 0.4) is 0 Å². The maximum absolute atomic E-state index is 11.7. The molecule has 170 valence electrons. The molecule has 1 aliphatic rings. The van der Waals surface area contributed by atoms with Crippen LogP contribution in [0.2, 0.25) is 0 Å². The molecule has 0 saturated carbocycles. The van der Waals surface area contributed by atoms with Crippen LogP contribution in [0.15, 0.2) is 0 Å². The van der Waals surface area contributed by atoms with Crippen LogP contribution in [0.25, 0.3) is 0 Å². The van der Waals surface area contributed by atoms with E-state index < -0.39 is 71.2 Å². The van der Waals surface area contributed by atoms with Crippen molar-refractivity contribution in [3.8, 4) is 0 Å². The van der Waals surface area contributed by atoms with E-state index in [9.17, 15) is 33.3 Å². The Morgan fingerprint density at radius 1 is 1.03 bits per heavy atom. The Labute approximate surface area is 168 Å². The van der Waals surface area contributed by atoms with Crippen molar-refractivity contribution in [3.05, 3.63) is 0 Å². The highest BCUT2D eigenvalue weighted by molar-refractivity contribution is 7.85. The normalized spacial score (nSPS) is 28.6. The van der Waals surface area contributed by atoms with Gasteiger partial charge in [-0.3, -0.25) is 14.1 Å². The summed E-state index contributed by atoms with van der Waals surface area (Å²) in [6, 6.07) is 0. The third-order valence-corrected chi connectivity index (χ3v) is 4.71. The van der Waals surface area contributed by atoms with Gasteiger partial charge in [-0.15, -0.1) is 0 Å². The molecule has 12 nitrogen and oxygen atoms in total. The smallest absolute Gasteiger partial charge is 0.306 e. The molecule has 13 heteroatoms. The van der Waals surface area contributed by atoms with E-state index in [-0.39, 0.29) is 19.4 Å². The van der Waals surface area contributed by atoms with Crippen molar-refractivity contribution in [2.45, 2.75) is 69.9 Å². The van der Waals surface area contributed by atoms with Crippen LogP contribution in [0.1, 0.15) is 33.1 Å². The van der Waals surface area contributed by atoms with Crippen LogP contribution in [-0.2, 0) is 38.7 Å². The SMILES string of the molecule is CCCC(=O)O[C@H](COC(=O)CC)CO[C@@H]1O[C@H](CS(=O)(=O)O)[C@@H](O)[C@H](O)[C@H]1O. The number of ether oxygens (including phenoxy) is 4. The predicted molar refractivity (Wildman–Crippen MR) is 95.1 cm³/mol. The van der Waals surface area contributed by atoms with Crippen molar-refractivity contribution in [1.29, 1.82) is 0 Å². The highest BCUT2D eigenvalue weighted by Gasteiger charge is 2.45. The number of aliphatic hydroxyl groups is 3. The standard InChI is InChI=1S/C16H28O12S/c1-3-5-12(18)27-9(6-25-11(17)4-2)7-26-16-15(21)14(20)13(19)10(28-16)8-29(22,23)24/h9-10,13-16,19-21H,3-8H2,1-2H3,(H,22,23,24)/t9-,10-,13-,14+,15-,16-/m1/s1. The fourth-order valence-corrected chi connectivity index (χ4v) is 3.15. The maximum atomic E-state index is 11.7. The van der Waals surface area contributed by atoms with E-state index in [2.05, 4.69) is 0 Å². The zero-order valence-electron chi connectivity index (χ0n) is 16.2. The highest BCUT2D eigenvalue weighted by atomic mass is 32.2. The Morgan fingerprint density at radius 2 is 1.69 bits per heavy atom. The van der Waals surface area contributed by atoms with E-state index in [1.54, 1.807) is 13.8 Å². The molecule has 1 rings (SSSR count). The molecule has 0 spiro atoms. The first-order valence-corrected chi connectivity index (χ1v) is 10.7. The van der Waals surface area contributed by atoms with Gasteiger partial charge in [0.2, 0.25) is 0 Å². The second-order valence-electron chi connectivity index (χ2n) is 6.50. The number of rotatable bonds is 11. The summed E-state index contributed by atoms with van der Waals surface area (Å²) >= 11 is 0. The Hall–Kier alpha value is -1.35. The minimum atomic E-state index is -4.56. The van der Waals surface area contributed by atoms with E-state index in [1.807, 2.05) is 0 Å². The first-order valence-electron chi connectivity index (χ1n) is 9.10. The molecule has 1 heterocycles. The van der Waals surface area contributed by atoms with Crippen molar-refractivity contribution in [2.24, 2.45) is 0 Å². The molecule has 0 aliphatic carbocycles. The molecular formula is C16H28O12S. The van der Waals surface area contributed by atoms with Gasteiger partial charge in [-0.2, -0.15) is 8.42 Å². The fraction of sp³-hybridized carbons (Fsp3) is 0.875. The van der Waals surface area contributed by atoms with Crippen LogP contribution in [-0.4, -0.2) is 96.0 Å². The van der Waals surface area contributed by atoms with Crippen molar-refractivity contribution in [2.75, 3.05) is 19.0 Å². The van der Waals surface area contributed by atoms with Crippen molar-refractivity contribution >= 4 is 22.1 Å². The lowest BCUT2D eigenvalue weighted by Gasteiger charge is -2.40. The van der Waals surface area contributed by atoms with Crippen LogP contribution in [0.4, 0.5) is 0 Å². The van der Waals surface area contributed by atoms with E-state index in [0.29, 0.717) is 6.42 Å². The first kappa shape index (κ1) is 25.7. The van der Waals surface area contributed by atoms with Crippen molar-refractivity contribution < 1.29 is 56.8 Å². The van der Waals surface area contributed by atoms with Gasteiger partial charge in [0.25, 0.3) is 10.1 Å². The summed E-state index contributed by atoms with van der Waals surface area (Å²) in [7, 11) is -4.56. The Bertz CT molecular complexity index is 636. The van der Waals surface area contributed by atoms with E-state index in [0.717, 1.165) is 0 Å². The molecule has 1 fully saturated rings. The van der Waals surface area contributed by atoms with Gasteiger partial charge in [0.1, 0.15) is 36.8 Å². The molecule has 0 aromatic rings. The molecule has 0 unspecified atom stereocenters. The van der Waals surface area contributed by atoms with Gasteiger partial charge in [0.15, 0.2) is 12.4 Å². The van der Waals surface area contributed by atoms with E-state index in [1.165, 1.54) is 0 Å². The number of aliphatic hydroxyl groups excluding tert-OH is 3. The van der Waals surface area contributed by atoms with Gasteiger partial charge in [-0.25, -0.2) is 0 Å². The van der Waals surface area contributed by atoms with Gasteiger partial charge in [-0.1, -0.05) is 13.8 Å². The maximum Gasteiger partial charge on any atom is 0.306 e. The topological polar surface area (TPSA) is 186 Å². The van der Waals surface area contributed by atoms with Crippen LogP contribution < -0.4 is 0 Å². The van der Waals surface area contributed by atoms with E-state index >= 15 is 0 Å². The summed E-state index contributed by atoms with van der Waals surface area (Å²) in [5.74, 6) is -2.15. The predicted octanol–water partition coefficient (Wildman–Crippen LogP) is -1.64. The van der Waals surface area contributed by atoms with Crippen LogP contribution >= 0.6 is 0 Å². The number of hydrogen-bond donors (Lipinski definition) is 4. The average molecular weight is 444 g/mol. The zero-order valence-corrected chi connectivity index (χ0v) is 17.0. The van der Waals surface area contributed by atoms with Crippen LogP contribution in [0.5, 0.6) is 0 Å². The molecule has 1 aliphatic heterocycles. The van der Waals surface area contributed by atoms with Gasteiger partial charge < -0.3 is 34.3 Å². The summed E-state index contributed by atoms with van der Waals surface area (Å²) in [6.45, 7) is 2.59. The Balaban J connectivity index is 2.77. The first-order chi connectivity index (χ1) is 13.5. The minimum Gasteiger partial charge on any atom is -0.462 e. The molecule has 0 amide bonds. The van der Waals surface area contributed by atoms with Gasteiger partial charge in [-0.05, 0) is 6.42 Å². The largest absolute Gasteiger partial charge is 0.462 e. The van der Waals surface area contributed by atoms with E-state index in [4.69, 9.17) is 23.5 Å². The average Bonchev–Trinajstić information content (AvgIpc) is 2.64. The van der Waals surface area contributed by atoms with Gasteiger partial charge in [0, 0.05) is 12.8 Å². The molecular weight excluding hydrogens is 416 g/mol. The number of carbonyl (C=O) groups excluding carboxylic acids is 2. The number of carbonyl (C=O) groups is 2. The quantitative estimate of drug-likeness (QED) is 0.211. The Kier molecular flexibility index (Phi) is 10.4. The number of esters is 2. The second-order valence-corrected chi connectivity index (χ2v) is 7.99. The molecule has 0 bridgehead atoms. The number of hydrogen-bond acceptors (Lipinski definition) is 11. The lowest BCUT2D eigenvalue weighted by molar-refractivity contribution is -0.297. The van der Waals surface area contributed by atoms with Gasteiger partial charge >= 0.3 is 11.9 Å². The minimum absolute atomic E-state index is 0.0995. The molecule has 1 saturated heterocycles. The van der Waals surface area contributed by atoms with Gasteiger partial charge in [0.05, 0.1) is 6.61 Å². The molecule has 6 atom stereocenters. The molecule has 0 aromatic heterocycles. The van der Waals surface area contributed by atoms with Crippen molar-refractivity contribution in [3.63, 3.8) is 0 Å². The zero-order chi connectivity index (χ0) is 22.2. The molecule has 0 radical (unpaired) electrons. The molecule has 4 N–H and O–H groups in total. The summed E-state index contributed by atoms with van der Waals surface area (Å²) in [5.41, 5.74) is 0. The summed E-state index contributed by atoms with van der Waals surface area (Å²) < 4.78 is 51.5. The summed E-state index contributed by atoms with van der Waals surface area (Å²) in [4.78, 5) is 23.1. The molecule has 29 heavy (non-hydrogen) atoms. The second kappa shape index (κ2) is 11.7. The van der Waals surface area contributed by atoms with Crippen molar-refractivity contribution in [1.82, 2.24) is 0 Å².